The van der Waals surface area contributed by atoms with Crippen molar-refractivity contribution in [3.05, 3.63) is 12.0 Å². The van der Waals surface area contributed by atoms with Gasteiger partial charge in [-0.25, -0.2) is 9.97 Å². The quantitative estimate of drug-likeness (QED) is 0.813. The fourth-order valence-corrected chi connectivity index (χ4v) is 3.79. The van der Waals surface area contributed by atoms with E-state index in [1.807, 2.05) is 25.1 Å². The minimum absolute atomic E-state index is 0. The van der Waals surface area contributed by atoms with Crippen LogP contribution in [0, 0.1) is 6.92 Å². The number of amides is 1. The van der Waals surface area contributed by atoms with Crippen molar-refractivity contribution in [1.82, 2.24) is 30.0 Å². The Bertz CT molecular complexity index is 783. The molecular formula is C17H27Cl2N7O. The second-order valence-corrected chi connectivity index (χ2v) is 6.97. The molecule has 8 nitrogen and oxygen atoms in total. The summed E-state index contributed by atoms with van der Waals surface area (Å²) in [5.74, 6) is 1.95. The maximum absolute atomic E-state index is 12.5. The Morgan fingerprint density at radius 2 is 1.96 bits per heavy atom. The number of hydrogen-bond acceptors (Lipinski definition) is 6. The van der Waals surface area contributed by atoms with Gasteiger partial charge in [0.15, 0.2) is 5.65 Å². The Morgan fingerprint density at radius 1 is 1.22 bits per heavy atom. The molecule has 4 rings (SSSR count). The first-order valence-electron chi connectivity index (χ1n) is 9.04. The van der Waals surface area contributed by atoms with Crippen LogP contribution >= 0.6 is 24.8 Å². The predicted octanol–water partition coefficient (Wildman–Crippen LogP) is 1.31. The molecule has 2 aliphatic rings. The molecule has 0 radical (unpaired) electrons. The van der Waals surface area contributed by atoms with Gasteiger partial charge in [0.1, 0.15) is 11.6 Å². The minimum Gasteiger partial charge on any atom is -0.352 e. The zero-order chi connectivity index (χ0) is 17.4. The van der Waals surface area contributed by atoms with Crippen molar-refractivity contribution in [2.75, 3.05) is 37.6 Å². The van der Waals surface area contributed by atoms with E-state index < -0.39 is 0 Å². The molecule has 0 bridgehead atoms. The molecule has 150 valence electrons. The first-order chi connectivity index (χ1) is 12.1. The highest BCUT2D eigenvalue weighted by molar-refractivity contribution is 5.87. The topological polar surface area (TPSA) is 79.2 Å². The highest BCUT2D eigenvalue weighted by atomic mass is 35.5. The third-order valence-corrected chi connectivity index (χ3v) is 5.20. The van der Waals surface area contributed by atoms with Crippen LogP contribution < -0.4 is 10.2 Å². The Hall–Kier alpha value is -1.64. The number of rotatable bonds is 3. The van der Waals surface area contributed by atoms with Crippen LogP contribution in [0.1, 0.15) is 25.1 Å². The van der Waals surface area contributed by atoms with Gasteiger partial charge in [0, 0.05) is 45.7 Å². The second kappa shape index (κ2) is 9.03. The number of aromatic nitrogens is 4. The van der Waals surface area contributed by atoms with Gasteiger partial charge in [0.05, 0.1) is 11.6 Å². The van der Waals surface area contributed by atoms with Crippen LogP contribution in [0.15, 0.2) is 6.20 Å². The van der Waals surface area contributed by atoms with Crippen LogP contribution in [0.25, 0.3) is 11.0 Å². The summed E-state index contributed by atoms with van der Waals surface area (Å²) in [6.07, 6.45) is 4.75. The summed E-state index contributed by atoms with van der Waals surface area (Å²) in [5.41, 5.74) is 0.855. The lowest BCUT2D eigenvalue weighted by Crippen LogP contribution is -2.50. The summed E-state index contributed by atoms with van der Waals surface area (Å²) >= 11 is 0. The Morgan fingerprint density at radius 3 is 2.63 bits per heavy atom. The third-order valence-electron chi connectivity index (χ3n) is 5.20. The van der Waals surface area contributed by atoms with Crippen molar-refractivity contribution in [1.29, 1.82) is 0 Å². The molecule has 2 aromatic rings. The van der Waals surface area contributed by atoms with Gasteiger partial charge in [-0.1, -0.05) is 0 Å². The number of carbonyl (C=O) groups excluding carboxylic acids is 1. The molecule has 0 saturated carbocycles. The van der Waals surface area contributed by atoms with Crippen LogP contribution in [-0.4, -0.2) is 69.3 Å². The Balaban J connectivity index is 0.00000131. The summed E-state index contributed by atoms with van der Waals surface area (Å²) in [6, 6.07) is 0.366. The molecule has 1 N–H and O–H groups in total. The normalized spacial score (nSPS) is 19.7. The average molecular weight is 416 g/mol. The van der Waals surface area contributed by atoms with E-state index in [9.17, 15) is 4.79 Å². The summed E-state index contributed by atoms with van der Waals surface area (Å²) in [4.78, 5) is 25.9. The molecule has 4 heterocycles. The molecule has 0 spiro atoms. The second-order valence-electron chi connectivity index (χ2n) is 6.97. The maximum Gasteiger partial charge on any atom is 0.224 e. The molecule has 10 heteroatoms. The summed E-state index contributed by atoms with van der Waals surface area (Å²) in [5, 5.41) is 8.69. The number of anilines is 1. The van der Waals surface area contributed by atoms with Gasteiger partial charge >= 0.3 is 0 Å². The van der Waals surface area contributed by atoms with E-state index in [1.54, 1.807) is 4.68 Å². The van der Waals surface area contributed by atoms with Crippen molar-refractivity contribution in [3.8, 4) is 0 Å². The number of aryl methyl sites for hydroxylation is 2. The third kappa shape index (κ3) is 4.44. The van der Waals surface area contributed by atoms with E-state index in [0.717, 1.165) is 61.8 Å². The van der Waals surface area contributed by atoms with Crippen molar-refractivity contribution in [3.63, 3.8) is 0 Å². The van der Waals surface area contributed by atoms with Crippen molar-refractivity contribution >= 4 is 47.6 Å². The smallest absolute Gasteiger partial charge is 0.224 e. The van der Waals surface area contributed by atoms with E-state index in [-0.39, 0.29) is 30.7 Å². The SMILES string of the molecule is Cc1nc(N2CCN(C(=O)CC3CCCN3)CC2)c2cnn(C)c2n1.Cl.Cl. The zero-order valence-electron chi connectivity index (χ0n) is 15.7. The number of fused-ring (bicyclic) bond motifs is 1. The fourth-order valence-electron chi connectivity index (χ4n) is 3.79. The van der Waals surface area contributed by atoms with Crippen LogP contribution in [0.4, 0.5) is 5.82 Å². The first-order valence-corrected chi connectivity index (χ1v) is 9.04. The Kier molecular flexibility index (Phi) is 7.25. The maximum atomic E-state index is 12.5. The molecule has 2 aliphatic heterocycles. The number of nitrogens with one attached hydrogen (secondary N) is 1. The van der Waals surface area contributed by atoms with Gasteiger partial charge in [0.2, 0.25) is 5.91 Å². The molecule has 2 saturated heterocycles. The minimum atomic E-state index is 0. The molecule has 27 heavy (non-hydrogen) atoms. The van der Waals surface area contributed by atoms with E-state index >= 15 is 0 Å². The van der Waals surface area contributed by atoms with Crippen LogP contribution in [0.3, 0.4) is 0 Å². The molecule has 2 fully saturated rings. The first kappa shape index (κ1) is 21.7. The largest absolute Gasteiger partial charge is 0.352 e. The van der Waals surface area contributed by atoms with Crippen molar-refractivity contribution in [2.45, 2.75) is 32.2 Å². The van der Waals surface area contributed by atoms with Crippen LogP contribution in [0.2, 0.25) is 0 Å². The van der Waals surface area contributed by atoms with Gasteiger partial charge in [-0.2, -0.15) is 5.10 Å². The van der Waals surface area contributed by atoms with Crippen LogP contribution in [0.5, 0.6) is 0 Å². The van der Waals surface area contributed by atoms with Gasteiger partial charge < -0.3 is 15.1 Å². The average Bonchev–Trinajstić information content (AvgIpc) is 3.25. The summed E-state index contributed by atoms with van der Waals surface area (Å²) in [6.45, 7) is 6.03. The molecule has 1 amide bonds. The lowest BCUT2D eigenvalue weighted by atomic mass is 10.1. The molecule has 2 aromatic heterocycles. The van der Waals surface area contributed by atoms with Crippen molar-refractivity contribution < 1.29 is 4.79 Å². The zero-order valence-corrected chi connectivity index (χ0v) is 17.4. The molecule has 1 unspecified atom stereocenters. The lowest BCUT2D eigenvalue weighted by molar-refractivity contribution is -0.131. The summed E-state index contributed by atoms with van der Waals surface area (Å²) < 4.78 is 1.78. The highest BCUT2D eigenvalue weighted by Crippen LogP contribution is 2.24. The Labute approximate surface area is 171 Å². The number of hydrogen-bond donors (Lipinski definition) is 1. The number of nitrogens with zero attached hydrogens (tertiary/aromatic N) is 6. The van der Waals surface area contributed by atoms with Gasteiger partial charge in [-0.15, -0.1) is 24.8 Å². The van der Waals surface area contributed by atoms with Crippen LogP contribution in [-0.2, 0) is 11.8 Å². The van der Waals surface area contributed by atoms with Gasteiger partial charge in [-0.05, 0) is 26.3 Å². The van der Waals surface area contributed by atoms with E-state index in [2.05, 4.69) is 25.3 Å². The lowest BCUT2D eigenvalue weighted by Gasteiger charge is -2.36. The highest BCUT2D eigenvalue weighted by Gasteiger charge is 2.26. The number of piperazine rings is 1. The predicted molar refractivity (Wildman–Crippen MR) is 110 cm³/mol. The number of halogens is 2. The van der Waals surface area contributed by atoms with Crippen molar-refractivity contribution in [2.24, 2.45) is 7.05 Å². The van der Waals surface area contributed by atoms with E-state index in [4.69, 9.17) is 0 Å². The van der Waals surface area contributed by atoms with E-state index in [0.29, 0.717) is 12.5 Å². The van der Waals surface area contributed by atoms with Gasteiger partial charge in [-0.3, -0.25) is 9.48 Å². The fraction of sp³-hybridized carbons (Fsp3) is 0.647. The van der Waals surface area contributed by atoms with Gasteiger partial charge in [0.25, 0.3) is 0 Å². The molecule has 0 aromatic carbocycles. The van der Waals surface area contributed by atoms with E-state index in [1.165, 1.54) is 6.42 Å². The summed E-state index contributed by atoms with van der Waals surface area (Å²) in [7, 11) is 1.90. The molecule has 1 atom stereocenters. The monoisotopic (exact) mass is 415 g/mol. The molecular weight excluding hydrogens is 389 g/mol. The standard InChI is InChI=1S/C17H25N7O.2ClH/c1-12-20-16-14(11-19-22(16)2)17(21-12)24-8-6-23(7-9-24)15(25)10-13-4-3-5-18-13;;/h11,13,18H,3-10H2,1-2H3;2*1H. The number of carbonyl (C=O) groups is 1. The molecule has 0 aliphatic carbocycles.